The maximum Gasteiger partial charge on any atom is 0.272 e. The molecule has 2 heterocycles. The highest BCUT2D eigenvalue weighted by Crippen LogP contribution is 2.14. The van der Waals surface area contributed by atoms with Gasteiger partial charge in [-0.25, -0.2) is 9.97 Å². The summed E-state index contributed by atoms with van der Waals surface area (Å²) in [4.78, 5) is 26.8. The number of likely N-dealkylation sites (N-methyl/N-ethyl adjacent to an activating group) is 1. The first-order valence-corrected chi connectivity index (χ1v) is 8.43. The summed E-state index contributed by atoms with van der Waals surface area (Å²) >= 11 is 0. The van der Waals surface area contributed by atoms with E-state index in [2.05, 4.69) is 20.3 Å². The minimum absolute atomic E-state index is 0.131. The van der Waals surface area contributed by atoms with Gasteiger partial charge in [-0.3, -0.25) is 9.78 Å². The number of carbonyl (C=O) groups is 1. The fourth-order valence-corrected chi connectivity index (χ4v) is 2.53. The first kappa shape index (κ1) is 17.5. The van der Waals surface area contributed by atoms with Gasteiger partial charge in [0.1, 0.15) is 5.69 Å². The molecule has 0 spiro atoms. The smallest absolute Gasteiger partial charge is 0.272 e. The molecule has 2 aromatic heterocycles. The zero-order valence-corrected chi connectivity index (χ0v) is 14.9. The predicted molar refractivity (Wildman–Crippen MR) is 101 cm³/mol. The molecule has 0 atom stereocenters. The summed E-state index contributed by atoms with van der Waals surface area (Å²) in [6.45, 7) is 2.62. The third kappa shape index (κ3) is 4.63. The van der Waals surface area contributed by atoms with Gasteiger partial charge in [0, 0.05) is 37.9 Å². The molecule has 0 saturated heterocycles. The molecule has 6 heteroatoms. The van der Waals surface area contributed by atoms with E-state index >= 15 is 0 Å². The summed E-state index contributed by atoms with van der Waals surface area (Å²) in [6, 6.07) is 13.4. The van der Waals surface area contributed by atoms with E-state index in [9.17, 15) is 4.79 Å². The third-order valence-electron chi connectivity index (χ3n) is 3.98. The number of carbonyl (C=O) groups excluding carboxylic acids is 1. The number of aryl methyl sites for hydroxylation is 1. The van der Waals surface area contributed by atoms with Crippen LogP contribution in [0.4, 0.5) is 11.6 Å². The summed E-state index contributed by atoms with van der Waals surface area (Å²) in [6.07, 6.45) is 5.87. The number of rotatable bonds is 6. The van der Waals surface area contributed by atoms with Gasteiger partial charge in [0.05, 0.1) is 0 Å². The molecule has 0 saturated carbocycles. The van der Waals surface area contributed by atoms with E-state index in [-0.39, 0.29) is 5.91 Å². The first-order valence-electron chi connectivity index (χ1n) is 8.43. The zero-order chi connectivity index (χ0) is 18.4. The Morgan fingerprint density at radius 3 is 2.69 bits per heavy atom. The predicted octanol–water partition coefficient (Wildman–Crippen LogP) is 3.24. The molecule has 0 radical (unpaired) electrons. The van der Waals surface area contributed by atoms with Crippen molar-refractivity contribution in [2.75, 3.05) is 18.9 Å². The molecule has 6 nitrogen and oxygen atoms in total. The summed E-state index contributed by atoms with van der Waals surface area (Å²) < 4.78 is 0. The van der Waals surface area contributed by atoms with Crippen molar-refractivity contribution in [3.05, 3.63) is 77.9 Å². The standard InChI is InChI=1S/C20H21N5O/c1-15-4-3-5-17(14-15)23-20-22-12-8-18(24-20)19(26)25(2)13-9-16-6-10-21-11-7-16/h3-8,10-12,14H,9,13H2,1-2H3,(H,22,23,24). The quantitative estimate of drug-likeness (QED) is 0.741. The number of hydrogen-bond donors (Lipinski definition) is 1. The number of pyridine rings is 1. The Hall–Kier alpha value is -3.28. The van der Waals surface area contributed by atoms with Crippen molar-refractivity contribution in [3.8, 4) is 0 Å². The lowest BCUT2D eigenvalue weighted by Crippen LogP contribution is -2.29. The minimum Gasteiger partial charge on any atom is -0.340 e. The molecule has 26 heavy (non-hydrogen) atoms. The van der Waals surface area contributed by atoms with Crippen LogP contribution in [0.25, 0.3) is 0 Å². The van der Waals surface area contributed by atoms with E-state index in [1.807, 2.05) is 43.3 Å². The molecule has 0 aliphatic carbocycles. The number of anilines is 2. The van der Waals surface area contributed by atoms with Crippen LogP contribution in [0.5, 0.6) is 0 Å². The fraction of sp³-hybridized carbons (Fsp3) is 0.200. The molecule has 0 bridgehead atoms. The molecule has 132 valence electrons. The van der Waals surface area contributed by atoms with E-state index in [4.69, 9.17) is 0 Å². The van der Waals surface area contributed by atoms with Crippen molar-refractivity contribution in [2.45, 2.75) is 13.3 Å². The Balaban J connectivity index is 1.65. The second-order valence-electron chi connectivity index (χ2n) is 6.09. The second kappa shape index (κ2) is 8.20. The minimum atomic E-state index is -0.131. The van der Waals surface area contributed by atoms with Crippen molar-refractivity contribution in [1.29, 1.82) is 0 Å². The van der Waals surface area contributed by atoms with Crippen molar-refractivity contribution in [1.82, 2.24) is 19.9 Å². The van der Waals surface area contributed by atoms with Crippen LogP contribution in [0.15, 0.2) is 61.1 Å². The second-order valence-corrected chi connectivity index (χ2v) is 6.09. The van der Waals surface area contributed by atoms with Crippen LogP contribution < -0.4 is 5.32 Å². The first-order chi connectivity index (χ1) is 12.6. The summed E-state index contributed by atoms with van der Waals surface area (Å²) in [7, 11) is 1.78. The number of amides is 1. The molecule has 1 N–H and O–H groups in total. The largest absolute Gasteiger partial charge is 0.340 e. The molecule has 0 unspecified atom stereocenters. The van der Waals surface area contributed by atoms with Crippen molar-refractivity contribution in [2.24, 2.45) is 0 Å². The number of aromatic nitrogens is 3. The maximum atomic E-state index is 12.6. The van der Waals surface area contributed by atoms with Crippen LogP contribution in [-0.4, -0.2) is 39.4 Å². The van der Waals surface area contributed by atoms with Crippen LogP contribution >= 0.6 is 0 Å². The number of benzene rings is 1. The van der Waals surface area contributed by atoms with Crippen molar-refractivity contribution >= 4 is 17.5 Å². The Labute approximate surface area is 153 Å². The Bertz CT molecular complexity index is 882. The van der Waals surface area contributed by atoms with E-state index in [1.165, 1.54) is 0 Å². The highest BCUT2D eigenvalue weighted by Gasteiger charge is 2.14. The summed E-state index contributed by atoms with van der Waals surface area (Å²) in [5, 5.41) is 3.14. The molecule has 3 aromatic rings. The van der Waals surface area contributed by atoms with Crippen LogP contribution in [0.3, 0.4) is 0 Å². The van der Waals surface area contributed by atoms with E-state index in [0.29, 0.717) is 18.2 Å². The number of nitrogens with zero attached hydrogens (tertiary/aromatic N) is 4. The Kier molecular flexibility index (Phi) is 5.53. The van der Waals surface area contributed by atoms with Crippen molar-refractivity contribution < 1.29 is 4.79 Å². The van der Waals surface area contributed by atoms with E-state index in [1.54, 1.807) is 36.6 Å². The molecular formula is C20H21N5O. The van der Waals surface area contributed by atoms with Gasteiger partial charge in [-0.05, 0) is 54.8 Å². The fourth-order valence-electron chi connectivity index (χ4n) is 2.53. The number of hydrogen-bond acceptors (Lipinski definition) is 5. The summed E-state index contributed by atoms with van der Waals surface area (Å²) in [5.41, 5.74) is 3.54. The SMILES string of the molecule is Cc1cccc(Nc2nccc(C(=O)N(C)CCc3ccncc3)n2)c1. The van der Waals surface area contributed by atoms with Gasteiger partial charge in [-0.1, -0.05) is 12.1 Å². The zero-order valence-electron chi connectivity index (χ0n) is 14.9. The van der Waals surface area contributed by atoms with Gasteiger partial charge in [0.2, 0.25) is 5.95 Å². The molecule has 3 rings (SSSR count). The normalized spacial score (nSPS) is 10.4. The van der Waals surface area contributed by atoms with Gasteiger partial charge < -0.3 is 10.2 Å². The molecule has 0 aliphatic heterocycles. The highest BCUT2D eigenvalue weighted by molar-refractivity contribution is 5.92. The van der Waals surface area contributed by atoms with Crippen LogP contribution in [0, 0.1) is 6.92 Å². The molecule has 0 aliphatic rings. The average Bonchev–Trinajstić information content (AvgIpc) is 2.66. The van der Waals surface area contributed by atoms with Crippen LogP contribution in [0.2, 0.25) is 0 Å². The number of nitrogens with one attached hydrogen (secondary N) is 1. The lowest BCUT2D eigenvalue weighted by Gasteiger charge is -2.17. The lowest BCUT2D eigenvalue weighted by molar-refractivity contribution is 0.0791. The van der Waals surface area contributed by atoms with Crippen LogP contribution in [0.1, 0.15) is 21.6 Å². The van der Waals surface area contributed by atoms with Gasteiger partial charge in [-0.15, -0.1) is 0 Å². The van der Waals surface area contributed by atoms with E-state index < -0.39 is 0 Å². The highest BCUT2D eigenvalue weighted by atomic mass is 16.2. The molecular weight excluding hydrogens is 326 g/mol. The maximum absolute atomic E-state index is 12.6. The Morgan fingerprint density at radius 2 is 1.92 bits per heavy atom. The van der Waals surface area contributed by atoms with Gasteiger partial charge in [0.15, 0.2) is 0 Å². The van der Waals surface area contributed by atoms with Gasteiger partial charge >= 0.3 is 0 Å². The third-order valence-corrected chi connectivity index (χ3v) is 3.98. The van der Waals surface area contributed by atoms with Crippen molar-refractivity contribution in [3.63, 3.8) is 0 Å². The van der Waals surface area contributed by atoms with Gasteiger partial charge in [0.25, 0.3) is 5.91 Å². The average molecular weight is 347 g/mol. The monoisotopic (exact) mass is 347 g/mol. The van der Waals surface area contributed by atoms with E-state index in [0.717, 1.165) is 23.2 Å². The molecule has 1 aromatic carbocycles. The summed E-state index contributed by atoms with van der Waals surface area (Å²) in [5.74, 6) is 0.276. The lowest BCUT2D eigenvalue weighted by atomic mass is 10.2. The Morgan fingerprint density at radius 1 is 1.12 bits per heavy atom. The molecule has 0 fully saturated rings. The van der Waals surface area contributed by atoms with Gasteiger partial charge in [-0.2, -0.15) is 0 Å². The topological polar surface area (TPSA) is 71.0 Å². The molecule has 1 amide bonds. The van der Waals surface area contributed by atoms with Crippen LogP contribution in [-0.2, 0) is 6.42 Å².